The fourth-order valence-corrected chi connectivity index (χ4v) is 2.89. The Hall–Kier alpha value is -2.38. The minimum atomic E-state index is -0.692. The van der Waals surface area contributed by atoms with E-state index in [1.807, 2.05) is 12.1 Å². The van der Waals surface area contributed by atoms with Gasteiger partial charge < -0.3 is 19.2 Å². The molecule has 2 aromatic rings. The van der Waals surface area contributed by atoms with Gasteiger partial charge in [-0.05, 0) is 43.3 Å². The maximum atomic E-state index is 12.9. The summed E-state index contributed by atoms with van der Waals surface area (Å²) < 4.78 is 29.5. The standard InChI is InChI=1S/C19H23FN2O4/c1-14(26-16-6-4-15(20)5-7-16)19(23)21-13-17(18-3-2-10-25-18)22-8-11-24-12-9-22/h2-7,10,14,17H,8-9,11-13H2,1H3,(H,21,23). The number of ether oxygens (including phenoxy) is 2. The zero-order valence-electron chi connectivity index (χ0n) is 14.7. The van der Waals surface area contributed by atoms with Crippen molar-refractivity contribution in [3.05, 3.63) is 54.2 Å². The summed E-state index contributed by atoms with van der Waals surface area (Å²) >= 11 is 0. The Morgan fingerprint density at radius 2 is 2.00 bits per heavy atom. The maximum Gasteiger partial charge on any atom is 0.260 e. The number of carbonyl (C=O) groups excluding carboxylic acids is 1. The van der Waals surface area contributed by atoms with Crippen LogP contribution in [0.5, 0.6) is 5.75 Å². The monoisotopic (exact) mass is 362 g/mol. The van der Waals surface area contributed by atoms with E-state index in [2.05, 4.69) is 10.2 Å². The van der Waals surface area contributed by atoms with Crippen LogP contribution in [0.25, 0.3) is 0 Å². The lowest BCUT2D eigenvalue weighted by Crippen LogP contribution is -2.45. The number of hydrogen-bond acceptors (Lipinski definition) is 5. The summed E-state index contributed by atoms with van der Waals surface area (Å²) in [6.45, 7) is 4.95. The van der Waals surface area contributed by atoms with Crippen LogP contribution in [0, 0.1) is 5.82 Å². The normalized spacial score (nSPS) is 17.5. The summed E-state index contributed by atoms with van der Waals surface area (Å²) in [7, 11) is 0. The Labute approximate surface area is 151 Å². The highest BCUT2D eigenvalue weighted by Crippen LogP contribution is 2.22. The third-order valence-corrected chi connectivity index (χ3v) is 4.32. The van der Waals surface area contributed by atoms with Crippen LogP contribution in [0.3, 0.4) is 0 Å². The van der Waals surface area contributed by atoms with Gasteiger partial charge in [0, 0.05) is 19.6 Å². The second kappa shape index (κ2) is 8.82. The highest BCUT2D eigenvalue weighted by atomic mass is 19.1. The Kier molecular flexibility index (Phi) is 6.25. The molecule has 1 N–H and O–H groups in total. The van der Waals surface area contributed by atoms with Crippen molar-refractivity contribution in [1.29, 1.82) is 0 Å². The van der Waals surface area contributed by atoms with E-state index < -0.39 is 6.10 Å². The smallest absolute Gasteiger partial charge is 0.260 e. The fraction of sp³-hybridized carbons (Fsp3) is 0.421. The number of rotatable bonds is 7. The molecule has 2 unspecified atom stereocenters. The maximum absolute atomic E-state index is 12.9. The van der Waals surface area contributed by atoms with Crippen molar-refractivity contribution >= 4 is 5.91 Å². The van der Waals surface area contributed by atoms with Gasteiger partial charge in [-0.15, -0.1) is 0 Å². The van der Waals surface area contributed by atoms with Crippen LogP contribution in [-0.2, 0) is 9.53 Å². The van der Waals surface area contributed by atoms with Crippen LogP contribution in [0.2, 0.25) is 0 Å². The predicted octanol–water partition coefficient (Wildman–Crippen LogP) is 2.38. The Morgan fingerprint density at radius 1 is 1.27 bits per heavy atom. The molecule has 1 aromatic carbocycles. The van der Waals surface area contributed by atoms with E-state index in [4.69, 9.17) is 13.9 Å². The van der Waals surface area contributed by atoms with Gasteiger partial charge in [-0.3, -0.25) is 9.69 Å². The second-order valence-electron chi connectivity index (χ2n) is 6.14. The quantitative estimate of drug-likeness (QED) is 0.819. The molecular formula is C19H23FN2O4. The number of halogens is 1. The van der Waals surface area contributed by atoms with Crippen LogP contribution in [0.4, 0.5) is 4.39 Å². The molecule has 0 bridgehead atoms. The van der Waals surface area contributed by atoms with Crippen molar-refractivity contribution in [2.75, 3.05) is 32.8 Å². The van der Waals surface area contributed by atoms with Gasteiger partial charge in [0.2, 0.25) is 0 Å². The molecule has 140 valence electrons. The molecule has 1 aromatic heterocycles. The van der Waals surface area contributed by atoms with Gasteiger partial charge in [0.15, 0.2) is 6.10 Å². The van der Waals surface area contributed by atoms with Crippen molar-refractivity contribution < 1.29 is 23.1 Å². The summed E-state index contributed by atoms with van der Waals surface area (Å²) in [5, 5.41) is 2.92. The average Bonchev–Trinajstić information content (AvgIpc) is 3.19. The minimum absolute atomic E-state index is 0.0594. The molecule has 6 nitrogen and oxygen atoms in total. The first-order valence-electron chi connectivity index (χ1n) is 8.68. The molecular weight excluding hydrogens is 339 g/mol. The molecule has 3 rings (SSSR count). The van der Waals surface area contributed by atoms with E-state index in [9.17, 15) is 9.18 Å². The van der Waals surface area contributed by atoms with E-state index in [0.29, 0.717) is 25.5 Å². The lowest BCUT2D eigenvalue weighted by molar-refractivity contribution is -0.127. The first kappa shape index (κ1) is 18.4. The number of benzene rings is 1. The van der Waals surface area contributed by atoms with Gasteiger partial charge >= 0.3 is 0 Å². The first-order valence-corrected chi connectivity index (χ1v) is 8.68. The van der Waals surface area contributed by atoms with E-state index >= 15 is 0 Å². The van der Waals surface area contributed by atoms with E-state index in [-0.39, 0.29) is 17.8 Å². The van der Waals surface area contributed by atoms with Crippen LogP contribution in [-0.4, -0.2) is 49.8 Å². The summed E-state index contributed by atoms with van der Waals surface area (Å²) in [5.74, 6) is 0.671. The Morgan fingerprint density at radius 3 is 2.65 bits per heavy atom. The van der Waals surface area contributed by atoms with Crippen molar-refractivity contribution in [2.45, 2.75) is 19.1 Å². The molecule has 2 atom stereocenters. The lowest BCUT2D eigenvalue weighted by Gasteiger charge is -2.33. The number of nitrogens with one attached hydrogen (secondary N) is 1. The Bertz CT molecular complexity index is 684. The highest BCUT2D eigenvalue weighted by Gasteiger charge is 2.26. The molecule has 1 fully saturated rings. The van der Waals surface area contributed by atoms with Crippen LogP contribution >= 0.6 is 0 Å². The van der Waals surface area contributed by atoms with Gasteiger partial charge in [-0.2, -0.15) is 0 Å². The molecule has 0 radical (unpaired) electrons. The van der Waals surface area contributed by atoms with Crippen molar-refractivity contribution in [3.8, 4) is 5.75 Å². The van der Waals surface area contributed by atoms with Crippen molar-refractivity contribution in [3.63, 3.8) is 0 Å². The van der Waals surface area contributed by atoms with E-state index in [1.165, 1.54) is 24.3 Å². The van der Waals surface area contributed by atoms with Gasteiger partial charge in [0.25, 0.3) is 5.91 Å². The molecule has 7 heteroatoms. The Balaban J connectivity index is 1.57. The van der Waals surface area contributed by atoms with Gasteiger partial charge in [-0.25, -0.2) is 4.39 Å². The molecule has 1 saturated heterocycles. The van der Waals surface area contributed by atoms with Crippen LogP contribution < -0.4 is 10.1 Å². The molecule has 0 spiro atoms. The van der Waals surface area contributed by atoms with Gasteiger partial charge in [0.05, 0.1) is 25.5 Å². The number of carbonyl (C=O) groups is 1. The summed E-state index contributed by atoms with van der Waals surface area (Å²) in [6, 6.07) is 9.28. The second-order valence-corrected chi connectivity index (χ2v) is 6.14. The first-order chi connectivity index (χ1) is 12.6. The number of morpholine rings is 1. The van der Waals surface area contributed by atoms with Crippen LogP contribution in [0.1, 0.15) is 18.7 Å². The van der Waals surface area contributed by atoms with Gasteiger partial charge in [0.1, 0.15) is 17.3 Å². The average molecular weight is 362 g/mol. The fourth-order valence-electron chi connectivity index (χ4n) is 2.89. The predicted molar refractivity (Wildman–Crippen MR) is 93.3 cm³/mol. The largest absolute Gasteiger partial charge is 0.481 e. The number of furan rings is 1. The zero-order chi connectivity index (χ0) is 18.4. The molecule has 0 saturated carbocycles. The summed E-state index contributed by atoms with van der Waals surface area (Å²) in [5.41, 5.74) is 0. The number of hydrogen-bond donors (Lipinski definition) is 1. The van der Waals surface area contributed by atoms with Gasteiger partial charge in [-0.1, -0.05) is 0 Å². The molecule has 1 aliphatic rings. The third kappa shape index (κ3) is 4.83. The molecule has 1 amide bonds. The SMILES string of the molecule is CC(Oc1ccc(F)cc1)C(=O)NCC(c1ccco1)N1CCOCC1. The van der Waals surface area contributed by atoms with E-state index in [1.54, 1.807) is 13.2 Å². The number of amides is 1. The summed E-state index contributed by atoms with van der Waals surface area (Å²) in [6.07, 6.45) is 0.938. The molecule has 2 heterocycles. The lowest BCUT2D eigenvalue weighted by atomic mass is 10.1. The van der Waals surface area contributed by atoms with Crippen LogP contribution in [0.15, 0.2) is 47.1 Å². The minimum Gasteiger partial charge on any atom is -0.481 e. The zero-order valence-corrected chi connectivity index (χ0v) is 14.7. The number of nitrogens with zero attached hydrogens (tertiary/aromatic N) is 1. The summed E-state index contributed by atoms with van der Waals surface area (Å²) in [4.78, 5) is 14.6. The third-order valence-electron chi connectivity index (χ3n) is 4.32. The molecule has 26 heavy (non-hydrogen) atoms. The van der Waals surface area contributed by atoms with Crippen molar-refractivity contribution in [2.24, 2.45) is 0 Å². The molecule has 0 aliphatic carbocycles. The highest BCUT2D eigenvalue weighted by molar-refractivity contribution is 5.80. The topological polar surface area (TPSA) is 63.9 Å². The molecule has 1 aliphatic heterocycles. The van der Waals surface area contributed by atoms with Crippen molar-refractivity contribution in [1.82, 2.24) is 10.2 Å². The van der Waals surface area contributed by atoms with E-state index in [0.717, 1.165) is 18.8 Å².